The summed E-state index contributed by atoms with van der Waals surface area (Å²) in [5, 5.41) is 18.2. The highest BCUT2D eigenvalue weighted by atomic mass is 32.2. The number of carbonyl (C=O) groups excluding carboxylic acids is 2. The van der Waals surface area contributed by atoms with Gasteiger partial charge in [-0.2, -0.15) is 13.2 Å². The first-order valence-electron chi connectivity index (χ1n) is 12.6. The van der Waals surface area contributed by atoms with Crippen molar-refractivity contribution >= 4 is 33.4 Å². The number of hydrogen-bond acceptors (Lipinski definition) is 9. The van der Waals surface area contributed by atoms with Crippen LogP contribution in [0.1, 0.15) is 39.7 Å². The molecule has 1 fully saturated rings. The van der Waals surface area contributed by atoms with Crippen molar-refractivity contribution in [2.45, 2.75) is 62.4 Å². The number of ether oxygens (including phenoxy) is 3. The van der Waals surface area contributed by atoms with E-state index in [0.29, 0.717) is 13.8 Å². The third-order valence-electron chi connectivity index (χ3n) is 6.23. The first-order chi connectivity index (χ1) is 19.1. The molecule has 0 saturated heterocycles. The van der Waals surface area contributed by atoms with E-state index in [9.17, 15) is 36.3 Å². The summed E-state index contributed by atoms with van der Waals surface area (Å²) in [6, 6.07) is 3.84. The Bertz CT molecular complexity index is 1410. The smallest absolute Gasteiger partial charge is 0.427 e. The molecule has 2 amide bonds. The number of nitrogens with zero attached hydrogens (tertiary/aromatic N) is 3. The molecule has 0 spiro atoms. The molecule has 13 nitrogen and oxygen atoms in total. The van der Waals surface area contributed by atoms with Crippen molar-refractivity contribution in [3.8, 4) is 11.6 Å². The number of nitrogens with one attached hydrogen (secondary N) is 2. The van der Waals surface area contributed by atoms with E-state index in [4.69, 9.17) is 9.47 Å². The zero-order valence-electron chi connectivity index (χ0n) is 22.4. The van der Waals surface area contributed by atoms with Gasteiger partial charge < -0.3 is 24.6 Å². The van der Waals surface area contributed by atoms with Gasteiger partial charge in [-0.3, -0.25) is 19.1 Å². The van der Waals surface area contributed by atoms with Crippen LogP contribution >= 0.6 is 0 Å². The Hall–Kier alpha value is -3.73. The van der Waals surface area contributed by atoms with Crippen LogP contribution < -0.4 is 24.4 Å². The van der Waals surface area contributed by atoms with Crippen molar-refractivity contribution in [2.24, 2.45) is 0 Å². The third kappa shape index (κ3) is 6.78. The monoisotopic (exact) mass is 605 g/mol. The lowest BCUT2D eigenvalue weighted by Gasteiger charge is -2.35. The third-order valence-corrected chi connectivity index (χ3v) is 7.99. The van der Waals surface area contributed by atoms with E-state index < -0.39 is 34.0 Å². The number of alkyl halides is 3. The zero-order valence-corrected chi connectivity index (χ0v) is 23.2. The summed E-state index contributed by atoms with van der Waals surface area (Å²) in [7, 11) is -4.43. The minimum atomic E-state index is -4.83. The van der Waals surface area contributed by atoms with Crippen LogP contribution in [0.4, 0.5) is 29.3 Å². The van der Waals surface area contributed by atoms with Crippen molar-refractivity contribution in [1.29, 1.82) is 0 Å². The highest BCUT2D eigenvalue weighted by molar-refractivity contribution is 7.93. The van der Waals surface area contributed by atoms with Gasteiger partial charge in [0.1, 0.15) is 18.5 Å². The maximum Gasteiger partial charge on any atom is 0.427 e. The fourth-order valence-electron chi connectivity index (χ4n) is 3.84. The molecule has 3 N–H and O–H groups in total. The predicted octanol–water partition coefficient (Wildman–Crippen LogP) is 2.57. The molecule has 41 heavy (non-hydrogen) atoms. The summed E-state index contributed by atoms with van der Waals surface area (Å²) in [5.41, 5.74) is -2.89. The predicted molar refractivity (Wildman–Crippen MR) is 137 cm³/mol. The maximum atomic E-state index is 14.1. The summed E-state index contributed by atoms with van der Waals surface area (Å²) >= 11 is 0. The van der Waals surface area contributed by atoms with Gasteiger partial charge in [0.15, 0.2) is 4.90 Å². The molecule has 2 heterocycles. The van der Waals surface area contributed by atoms with Gasteiger partial charge in [-0.15, -0.1) is 5.10 Å². The van der Waals surface area contributed by atoms with Crippen LogP contribution in [0.15, 0.2) is 29.3 Å². The van der Waals surface area contributed by atoms with E-state index in [1.165, 1.54) is 36.0 Å². The highest BCUT2D eigenvalue weighted by Gasteiger charge is 2.51. The second-order valence-electron chi connectivity index (χ2n) is 10.00. The van der Waals surface area contributed by atoms with Crippen LogP contribution in [0.25, 0.3) is 0 Å². The standard InChI is InChI=1S/C24H30F3N5O8S/c1-14(34)28-11-17-12-32(41(36,37)20-13-31(16-5-6-16)30-21(20)38-9-8-33)18-10-15(4-7-19(18)39-17)29-22(35)40-23(2,3)24(25,26)27/h4,7,10,13,16-17,33H,5-6,8-9,11-12H2,1-3H3,(H,28,34)(H,29,35). The van der Waals surface area contributed by atoms with E-state index >= 15 is 0 Å². The summed E-state index contributed by atoms with van der Waals surface area (Å²) in [6.07, 6.45) is -4.13. The van der Waals surface area contributed by atoms with Crippen LogP contribution in [-0.2, 0) is 19.6 Å². The molecule has 0 radical (unpaired) electrons. The number of rotatable bonds is 10. The lowest BCUT2D eigenvalue weighted by molar-refractivity contribution is -0.242. The molecule has 226 valence electrons. The van der Waals surface area contributed by atoms with Crippen LogP contribution in [0.2, 0.25) is 0 Å². The van der Waals surface area contributed by atoms with Crippen molar-refractivity contribution in [3.63, 3.8) is 0 Å². The number of carbonyl (C=O) groups is 2. The second kappa shape index (κ2) is 11.3. The van der Waals surface area contributed by atoms with Crippen LogP contribution in [-0.4, -0.2) is 79.5 Å². The molecule has 1 unspecified atom stereocenters. The summed E-state index contributed by atoms with van der Waals surface area (Å²) in [5.74, 6) is -0.513. The van der Waals surface area contributed by atoms with Crippen LogP contribution in [0.3, 0.4) is 0 Å². The molecular formula is C24H30F3N5O8S. The molecule has 1 saturated carbocycles. The molecule has 1 aromatic carbocycles. The van der Waals surface area contributed by atoms with Crippen molar-refractivity contribution in [2.75, 3.05) is 35.9 Å². The zero-order chi connectivity index (χ0) is 30.2. The van der Waals surface area contributed by atoms with Gasteiger partial charge in [-0.1, -0.05) is 0 Å². The first-order valence-corrected chi connectivity index (χ1v) is 14.0. The number of amides is 2. The lowest BCUT2D eigenvalue weighted by Crippen LogP contribution is -2.48. The largest absolute Gasteiger partial charge is 0.484 e. The number of benzene rings is 1. The molecule has 2 aromatic rings. The molecule has 2 aliphatic rings. The Morgan fingerprint density at radius 3 is 2.56 bits per heavy atom. The Balaban J connectivity index is 1.69. The molecule has 1 aliphatic carbocycles. The number of aliphatic hydroxyl groups is 1. The van der Waals surface area contributed by atoms with E-state index in [1.807, 2.05) is 0 Å². The van der Waals surface area contributed by atoms with Crippen LogP contribution in [0.5, 0.6) is 11.6 Å². The van der Waals surface area contributed by atoms with E-state index in [-0.39, 0.29) is 66.2 Å². The van der Waals surface area contributed by atoms with Gasteiger partial charge in [0, 0.05) is 18.8 Å². The minimum Gasteiger partial charge on any atom is -0.484 e. The molecular weight excluding hydrogens is 575 g/mol. The van der Waals surface area contributed by atoms with Gasteiger partial charge in [-0.05, 0) is 44.9 Å². The normalized spacial score (nSPS) is 17.3. The Morgan fingerprint density at radius 2 is 1.95 bits per heavy atom. The van der Waals surface area contributed by atoms with Gasteiger partial charge in [0.05, 0.1) is 31.4 Å². The molecule has 1 atom stereocenters. The number of fused-ring (bicyclic) bond motifs is 1. The van der Waals surface area contributed by atoms with Gasteiger partial charge in [0.2, 0.25) is 11.5 Å². The Morgan fingerprint density at radius 1 is 1.24 bits per heavy atom. The van der Waals surface area contributed by atoms with E-state index in [2.05, 4.69) is 20.5 Å². The number of hydrogen-bond donors (Lipinski definition) is 3. The fraction of sp³-hybridized carbons (Fsp3) is 0.542. The van der Waals surface area contributed by atoms with Crippen molar-refractivity contribution in [1.82, 2.24) is 15.1 Å². The quantitative estimate of drug-likeness (QED) is 0.370. The summed E-state index contributed by atoms with van der Waals surface area (Å²) in [6.45, 7) is 1.77. The van der Waals surface area contributed by atoms with E-state index in [0.717, 1.165) is 17.1 Å². The van der Waals surface area contributed by atoms with E-state index in [1.54, 1.807) is 0 Å². The lowest BCUT2D eigenvalue weighted by atomic mass is 10.1. The van der Waals surface area contributed by atoms with Gasteiger partial charge >= 0.3 is 12.3 Å². The molecule has 4 rings (SSSR count). The average Bonchev–Trinajstić information content (AvgIpc) is 3.63. The summed E-state index contributed by atoms with van der Waals surface area (Å²) in [4.78, 5) is 23.5. The number of anilines is 2. The number of halogens is 3. The SMILES string of the molecule is CC(=O)NCC1CN(S(=O)(=O)c2cn(C3CC3)nc2OCCO)c2cc(NC(=O)OC(C)(C)C(F)(F)F)ccc2O1. The maximum absolute atomic E-state index is 14.1. The molecule has 17 heteroatoms. The van der Waals surface area contributed by atoms with Crippen molar-refractivity contribution < 1.29 is 50.5 Å². The van der Waals surface area contributed by atoms with Gasteiger partial charge in [0.25, 0.3) is 15.9 Å². The topological polar surface area (TPSA) is 161 Å². The number of aliphatic hydroxyl groups excluding tert-OH is 1. The Kier molecular flexibility index (Phi) is 8.31. The molecule has 1 aliphatic heterocycles. The summed E-state index contributed by atoms with van der Waals surface area (Å²) < 4.78 is 85.9. The number of sulfonamides is 1. The second-order valence-corrected chi connectivity index (χ2v) is 11.8. The van der Waals surface area contributed by atoms with Crippen LogP contribution in [0, 0.1) is 0 Å². The van der Waals surface area contributed by atoms with Crippen molar-refractivity contribution in [3.05, 3.63) is 24.4 Å². The first kappa shape index (κ1) is 30.2. The minimum absolute atomic E-state index is 0.00248. The fourth-order valence-corrected chi connectivity index (χ4v) is 5.40. The molecule has 1 aromatic heterocycles. The number of aromatic nitrogens is 2. The van der Waals surface area contributed by atoms with Gasteiger partial charge in [-0.25, -0.2) is 13.2 Å². The molecule has 0 bridgehead atoms. The highest BCUT2D eigenvalue weighted by Crippen LogP contribution is 2.42. The Labute approximate surface area is 233 Å². The average molecular weight is 606 g/mol.